The summed E-state index contributed by atoms with van der Waals surface area (Å²) in [5.74, 6) is 0.165. The largest absolute Gasteiger partial charge is 0.496 e. The number of halogens is 2. The van der Waals surface area contributed by atoms with Crippen LogP contribution in [0.15, 0.2) is 48.5 Å². The van der Waals surface area contributed by atoms with E-state index in [1.807, 2.05) is 24.3 Å². The highest BCUT2D eigenvalue weighted by Crippen LogP contribution is 2.31. The number of carbonyl (C=O) groups excluding carboxylic acids is 1. The van der Waals surface area contributed by atoms with Crippen LogP contribution in [0.2, 0.25) is 0 Å². The fourth-order valence-corrected chi connectivity index (χ4v) is 3.20. The van der Waals surface area contributed by atoms with Crippen LogP contribution in [-0.4, -0.2) is 43.7 Å². The van der Waals surface area contributed by atoms with Crippen molar-refractivity contribution in [3.63, 3.8) is 0 Å². The molecule has 0 bridgehead atoms. The van der Waals surface area contributed by atoms with Crippen molar-refractivity contribution in [1.82, 2.24) is 10.2 Å². The molecule has 2 aromatic rings. The fourth-order valence-electron chi connectivity index (χ4n) is 3.20. The van der Waals surface area contributed by atoms with Crippen LogP contribution < -0.4 is 14.8 Å². The summed E-state index contributed by atoms with van der Waals surface area (Å²) in [7, 11) is 1.62. The monoisotopic (exact) mass is 394 g/mol. The molecule has 0 radical (unpaired) electrons. The minimum atomic E-state index is -0.790. The number of nitrogens with zero attached hydrogens (tertiary/aromatic N) is 1. The van der Waals surface area contributed by atoms with Crippen LogP contribution in [0.4, 0.5) is 4.39 Å². The Bertz CT molecular complexity index is 774. The van der Waals surface area contributed by atoms with Crippen LogP contribution in [0.1, 0.15) is 18.5 Å². The van der Waals surface area contributed by atoms with Gasteiger partial charge in [-0.15, -0.1) is 12.4 Å². The number of ether oxygens (including phenoxy) is 2. The lowest BCUT2D eigenvalue weighted by molar-refractivity contribution is -0.141. The van der Waals surface area contributed by atoms with Gasteiger partial charge >= 0.3 is 0 Å². The molecule has 27 heavy (non-hydrogen) atoms. The molecule has 1 heterocycles. The average molecular weight is 395 g/mol. The molecular weight excluding hydrogens is 371 g/mol. The number of benzene rings is 2. The maximum absolute atomic E-state index is 13.8. The molecule has 1 aliphatic rings. The van der Waals surface area contributed by atoms with Crippen LogP contribution in [0.5, 0.6) is 11.5 Å². The summed E-state index contributed by atoms with van der Waals surface area (Å²) < 4.78 is 24.9. The standard InChI is InChI=1S/C20H23FN2O3.ClH/c1-14(26-19-10-6-4-8-16(19)21)20(24)23-12-11-22-13-17(23)15-7-3-5-9-18(15)25-2;/h3-10,14,17,22H,11-13H2,1-2H3;1H. The van der Waals surface area contributed by atoms with Crippen molar-refractivity contribution in [3.05, 3.63) is 59.9 Å². The van der Waals surface area contributed by atoms with E-state index in [1.54, 1.807) is 31.1 Å². The van der Waals surface area contributed by atoms with Crippen LogP contribution in [-0.2, 0) is 4.79 Å². The molecule has 0 aliphatic carbocycles. The Hall–Kier alpha value is -2.31. The average Bonchev–Trinajstić information content (AvgIpc) is 2.69. The first kappa shape index (κ1) is 21.0. The summed E-state index contributed by atoms with van der Waals surface area (Å²) >= 11 is 0. The first-order chi connectivity index (χ1) is 12.6. The fraction of sp³-hybridized carbons (Fsp3) is 0.350. The van der Waals surface area contributed by atoms with Crippen molar-refractivity contribution in [1.29, 1.82) is 0 Å². The van der Waals surface area contributed by atoms with E-state index in [2.05, 4.69) is 5.32 Å². The van der Waals surface area contributed by atoms with E-state index < -0.39 is 11.9 Å². The highest BCUT2D eigenvalue weighted by Gasteiger charge is 2.33. The molecule has 3 rings (SSSR count). The highest BCUT2D eigenvalue weighted by molar-refractivity contribution is 5.85. The van der Waals surface area contributed by atoms with Crippen molar-refractivity contribution in [3.8, 4) is 11.5 Å². The maximum Gasteiger partial charge on any atom is 0.263 e. The number of amides is 1. The molecular formula is C20H24ClFN2O3. The van der Waals surface area contributed by atoms with Gasteiger partial charge in [-0.05, 0) is 25.1 Å². The molecule has 5 nitrogen and oxygen atoms in total. The Labute approximate surface area is 164 Å². The van der Waals surface area contributed by atoms with Gasteiger partial charge < -0.3 is 19.7 Å². The van der Waals surface area contributed by atoms with Gasteiger partial charge in [-0.25, -0.2) is 4.39 Å². The molecule has 146 valence electrons. The second kappa shape index (κ2) is 9.58. The van der Waals surface area contributed by atoms with Gasteiger partial charge in [0.15, 0.2) is 17.7 Å². The normalized spacial score (nSPS) is 17.6. The number of piperazine rings is 1. The van der Waals surface area contributed by atoms with Gasteiger partial charge in [-0.1, -0.05) is 30.3 Å². The lowest BCUT2D eigenvalue weighted by atomic mass is 10.0. The Morgan fingerprint density at radius 3 is 2.56 bits per heavy atom. The molecule has 1 N–H and O–H groups in total. The van der Waals surface area contributed by atoms with Crippen LogP contribution >= 0.6 is 12.4 Å². The molecule has 1 amide bonds. The highest BCUT2D eigenvalue weighted by atomic mass is 35.5. The molecule has 0 saturated carbocycles. The third-order valence-electron chi connectivity index (χ3n) is 4.51. The van der Waals surface area contributed by atoms with E-state index in [9.17, 15) is 9.18 Å². The van der Waals surface area contributed by atoms with Crippen LogP contribution in [0, 0.1) is 5.82 Å². The molecule has 0 spiro atoms. The first-order valence-electron chi connectivity index (χ1n) is 8.67. The topological polar surface area (TPSA) is 50.8 Å². The third-order valence-corrected chi connectivity index (χ3v) is 4.51. The second-order valence-corrected chi connectivity index (χ2v) is 6.18. The number of hydrogen-bond acceptors (Lipinski definition) is 4. The van der Waals surface area contributed by atoms with E-state index in [4.69, 9.17) is 9.47 Å². The summed E-state index contributed by atoms with van der Waals surface area (Å²) in [5, 5.41) is 3.32. The van der Waals surface area contributed by atoms with Gasteiger partial charge in [0.1, 0.15) is 5.75 Å². The van der Waals surface area contributed by atoms with Crippen molar-refractivity contribution in [2.75, 3.05) is 26.7 Å². The van der Waals surface area contributed by atoms with E-state index in [-0.39, 0.29) is 30.1 Å². The van der Waals surface area contributed by atoms with Crippen molar-refractivity contribution >= 4 is 18.3 Å². The molecule has 1 fully saturated rings. The zero-order chi connectivity index (χ0) is 18.5. The van der Waals surface area contributed by atoms with E-state index >= 15 is 0 Å². The molecule has 2 aromatic carbocycles. The molecule has 2 unspecified atom stereocenters. The van der Waals surface area contributed by atoms with E-state index in [1.165, 1.54) is 12.1 Å². The molecule has 2 atom stereocenters. The van der Waals surface area contributed by atoms with Crippen LogP contribution in [0.25, 0.3) is 0 Å². The predicted molar refractivity (Wildman–Crippen MR) is 104 cm³/mol. The third kappa shape index (κ3) is 4.70. The Balaban J connectivity index is 0.00000261. The molecule has 7 heteroatoms. The molecule has 1 aliphatic heterocycles. The predicted octanol–water partition coefficient (Wildman–Crippen LogP) is 3.20. The number of carbonyl (C=O) groups is 1. The van der Waals surface area contributed by atoms with E-state index in [0.29, 0.717) is 19.6 Å². The zero-order valence-electron chi connectivity index (χ0n) is 15.4. The van der Waals surface area contributed by atoms with Gasteiger partial charge in [0.25, 0.3) is 5.91 Å². The minimum absolute atomic E-state index is 0. The lowest BCUT2D eigenvalue weighted by Gasteiger charge is -2.38. The van der Waals surface area contributed by atoms with Gasteiger partial charge in [-0.2, -0.15) is 0 Å². The number of hydrogen-bond donors (Lipinski definition) is 1. The van der Waals surface area contributed by atoms with Gasteiger partial charge in [0.05, 0.1) is 13.2 Å². The van der Waals surface area contributed by atoms with Gasteiger partial charge in [-0.3, -0.25) is 4.79 Å². The summed E-state index contributed by atoms with van der Waals surface area (Å²) in [5.41, 5.74) is 0.939. The Morgan fingerprint density at radius 2 is 1.85 bits per heavy atom. The van der Waals surface area contributed by atoms with Crippen molar-refractivity contribution < 1.29 is 18.7 Å². The smallest absolute Gasteiger partial charge is 0.263 e. The SMILES string of the molecule is COc1ccccc1C1CNCCN1C(=O)C(C)Oc1ccccc1F.Cl. The summed E-state index contributed by atoms with van der Waals surface area (Å²) in [6.45, 7) is 3.52. The summed E-state index contributed by atoms with van der Waals surface area (Å²) in [6.07, 6.45) is -0.790. The van der Waals surface area contributed by atoms with E-state index in [0.717, 1.165) is 11.3 Å². The Kier molecular flexibility index (Phi) is 7.45. The van der Waals surface area contributed by atoms with Gasteiger partial charge in [0, 0.05) is 25.2 Å². The van der Waals surface area contributed by atoms with Crippen molar-refractivity contribution in [2.24, 2.45) is 0 Å². The first-order valence-corrected chi connectivity index (χ1v) is 8.67. The van der Waals surface area contributed by atoms with Gasteiger partial charge in [0.2, 0.25) is 0 Å². The molecule has 1 saturated heterocycles. The number of para-hydroxylation sites is 2. The second-order valence-electron chi connectivity index (χ2n) is 6.18. The van der Waals surface area contributed by atoms with Crippen molar-refractivity contribution in [2.45, 2.75) is 19.1 Å². The summed E-state index contributed by atoms with van der Waals surface area (Å²) in [6, 6.07) is 13.6. The quantitative estimate of drug-likeness (QED) is 0.846. The Morgan fingerprint density at radius 1 is 1.19 bits per heavy atom. The maximum atomic E-state index is 13.8. The summed E-state index contributed by atoms with van der Waals surface area (Å²) in [4.78, 5) is 14.8. The lowest BCUT2D eigenvalue weighted by Crippen LogP contribution is -2.52. The zero-order valence-corrected chi connectivity index (χ0v) is 16.2. The number of methoxy groups -OCH3 is 1. The number of nitrogens with one attached hydrogen (secondary N) is 1. The number of rotatable bonds is 5. The minimum Gasteiger partial charge on any atom is -0.496 e. The van der Waals surface area contributed by atoms with Crippen LogP contribution in [0.3, 0.4) is 0 Å². The molecule has 0 aromatic heterocycles.